The maximum atomic E-state index is 12.7. The number of furan rings is 1. The maximum Gasteiger partial charge on any atom is 0.335 e. The summed E-state index contributed by atoms with van der Waals surface area (Å²) in [6.45, 7) is -0.0563. The molecule has 0 bridgehead atoms. The summed E-state index contributed by atoms with van der Waals surface area (Å²) in [5.41, 5.74) is 1.71. The van der Waals surface area contributed by atoms with Gasteiger partial charge in [0.25, 0.3) is 5.91 Å². The molecule has 0 aliphatic carbocycles. The molecule has 0 spiro atoms. The number of halogens is 1. The van der Waals surface area contributed by atoms with Crippen molar-refractivity contribution in [2.75, 3.05) is 19.2 Å². The molecule has 0 aliphatic rings. The lowest BCUT2D eigenvalue weighted by atomic mass is 9.96. The van der Waals surface area contributed by atoms with E-state index in [2.05, 4.69) is 16.4 Å². The minimum atomic E-state index is -1.12. The molecule has 0 radical (unpaired) electrons. The standard InChI is InChI=1S/C26H18ClN3O6/c1-34-14-36-23-11-17(27)7-8-18(23)21-12-19(15-4-2-5-16(10-15)26(32)33)20(13-28)24(29-21)30-25(31)22-6-3-9-35-22/h2-12H,14H2,1H3,(H,32,33)(H,29,30,31). The summed E-state index contributed by atoms with van der Waals surface area (Å²) in [6, 6.07) is 17.7. The van der Waals surface area contributed by atoms with E-state index in [1.54, 1.807) is 42.5 Å². The third-order valence-corrected chi connectivity index (χ3v) is 5.32. The van der Waals surface area contributed by atoms with E-state index in [0.717, 1.165) is 0 Å². The highest BCUT2D eigenvalue weighted by atomic mass is 35.5. The first kappa shape index (κ1) is 24.5. The quantitative estimate of drug-likeness (QED) is 0.302. The Morgan fingerprint density at radius 2 is 1.97 bits per heavy atom. The number of carboxylic acid groups (broad SMARTS) is 1. The number of benzene rings is 2. The Kier molecular flexibility index (Phi) is 7.30. The van der Waals surface area contributed by atoms with Crippen molar-refractivity contribution in [1.82, 2.24) is 4.98 Å². The minimum absolute atomic E-state index is 0.0242. The first-order chi connectivity index (χ1) is 17.4. The Morgan fingerprint density at radius 1 is 1.14 bits per heavy atom. The molecule has 2 aromatic carbocycles. The van der Waals surface area contributed by atoms with Gasteiger partial charge in [-0.15, -0.1) is 0 Å². The SMILES string of the molecule is COCOc1cc(Cl)ccc1-c1cc(-c2cccc(C(=O)O)c2)c(C#N)c(NC(=O)c2ccco2)n1. The van der Waals surface area contributed by atoms with Crippen LogP contribution >= 0.6 is 11.6 Å². The van der Waals surface area contributed by atoms with Gasteiger partial charge < -0.3 is 24.3 Å². The number of ether oxygens (including phenoxy) is 2. The van der Waals surface area contributed by atoms with Crippen LogP contribution < -0.4 is 10.1 Å². The first-order valence-electron chi connectivity index (χ1n) is 10.5. The number of aromatic nitrogens is 1. The molecule has 0 atom stereocenters. The predicted molar refractivity (Wildman–Crippen MR) is 131 cm³/mol. The average Bonchev–Trinajstić information content (AvgIpc) is 3.42. The zero-order chi connectivity index (χ0) is 25.7. The summed E-state index contributed by atoms with van der Waals surface area (Å²) in [7, 11) is 1.47. The lowest BCUT2D eigenvalue weighted by molar-refractivity contribution is 0.0515. The monoisotopic (exact) mass is 503 g/mol. The number of methoxy groups -OCH3 is 1. The third kappa shape index (κ3) is 5.20. The summed E-state index contributed by atoms with van der Waals surface area (Å²) >= 11 is 6.15. The van der Waals surface area contributed by atoms with Gasteiger partial charge in [0, 0.05) is 23.3 Å². The molecular formula is C26H18ClN3O6. The van der Waals surface area contributed by atoms with Crippen LogP contribution in [0.25, 0.3) is 22.4 Å². The van der Waals surface area contributed by atoms with Crippen molar-refractivity contribution in [1.29, 1.82) is 5.26 Å². The van der Waals surface area contributed by atoms with E-state index in [9.17, 15) is 20.0 Å². The number of carbonyl (C=O) groups is 2. The molecule has 2 heterocycles. The van der Waals surface area contributed by atoms with E-state index in [1.807, 2.05) is 0 Å². The molecule has 0 unspecified atom stereocenters. The fourth-order valence-electron chi connectivity index (χ4n) is 3.46. The van der Waals surface area contributed by atoms with Gasteiger partial charge in [0.1, 0.15) is 17.4 Å². The number of carbonyl (C=O) groups excluding carboxylic acids is 1. The molecular weight excluding hydrogens is 486 g/mol. The van der Waals surface area contributed by atoms with Crippen molar-refractivity contribution in [2.45, 2.75) is 0 Å². The van der Waals surface area contributed by atoms with E-state index in [0.29, 0.717) is 33.2 Å². The maximum absolute atomic E-state index is 12.7. The number of aromatic carboxylic acids is 1. The third-order valence-electron chi connectivity index (χ3n) is 5.08. The summed E-state index contributed by atoms with van der Waals surface area (Å²) in [6.07, 6.45) is 1.35. The van der Waals surface area contributed by atoms with Crippen LogP contribution in [0.2, 0.25) is 5.02 Å². The zero-order valence-corrected chi connectivity index (χ0v) is 19.6. The Morgan fingerprint density at radius 3 is 2.67 bits per heavy atom. The van der Waals surface area contributed by atoms with Crippen LogP contribution in [-0.4, -0.2) is 35.9 Å². The second-order valence-corrected chi connectivity index (χ2v) is 7.84. The van der Waals surface area contributed by atoms with E-state index in [-0.39, 0.29) is 29.5 Å². The number of nitrogens with one attached hydrogen (secondary N) is 1. The normalized spacial score (nSPS) is 10.5. The van der Waals surface area contributed by atoms with Gasteiger partial charge in [-0.2, -0.15) is 5.26 Å². The predicted octanol–water partition coefficient (Wildman–Crippen LogP) is 5.47. The fourth-order valence-corrected chi connectivity index (χ4v) is 3.62. The number of hydrogen-bond acceptors (Lipinski definition) is 7. The summed E-state index contributed by atoms with van der Waals surface area (Å²) in [4.78, 5) is 28.8. The van der Waals surface area contributed by atoms with Crippen LogP contribution in [-0.2, 0) is 4.74 Å². The van der Waals surface area contributed by atoms with Crippen molar-refractivity contribution >= 4 is 29.3 Å². The van der Waals surface area contributed by atoms with Crippen molar-refractivity contribution in [2.24, 2.45) is 0 Å². The molecule has 1 amide bonds. The Balaban J connectivity index is 1.94. The lowest BCUT2D eigenvalue weighted by Crippen LogP contribution is -2.14. The number of anilines is 1. The highest BCUT2D eigenvalue weighted by Gasteiger charge is 2.21. The fraction of sp³-hybridized carbons (Fsp3) is 0.0769. The molecule has 4 rings (SSSR count). The highest BCUT2D eigenvalue weighted by Crippen LogP contribution is 2.37. The first-order valence-corrected chi connectivity index (χ1v) is 10.8. The number of rotatable bonds is 8. The molecule has 0 aliphatic heterocycles. The largest absolute Gasteiger partial charge is 0.478 e. The molecule has 36 heavy (non-hydrogen) atoms. The molecule has 4 aromatic rings. The van der Waals surface area contributed by atoms with Crippen LogP contribution in [0.1, 0.15) is 26.5 Å². The van der Waals surface area contributed by atoms with Crippen molar-refractivity contribution in [3.05, 3.63) is 88.8 Å². The second kappa shape index (κ2) is 10.7. The second-order valence-electron chi connectivity index (χ2n) is 7.40. The molecule has 2 aromatic heterocycles. The zero-order valence-electron chi connectivity index (χ0n) is 18.8. The van der Waals surface area contributed by atoms with E-state index >= 15 is 0 Å². The van der Waals surface area contributed by atoms with Gasteiger partial charge in [-0.25, -0.2) is 9.78 Å². The topological polar surface area (TPSA) is 135 Å². The summed E-state index contributed by atoms with van der Waals surface area (Å²) in [5, 5.41) is 22.5. The molecule has 2 N–H and O–H groups in total. The Labute approximate surface area is 210 Å². The summed E-state index contributed by atoms with van der Waals surface area (Å²) in [5.74, 6) is -1.40. The number of pyridine rings is 1. The number of nitriles is 1. The van der Waals surface area contributed by atoms with Gasteiger partial charge in [0.2, 0.25) is 0 Å². The van der Waals surface area contributed by atoms with Gasteiger partial charge >= 0.3 is 5.97 Å². The van der Waals surface area contributed by atoms with Crippen LogP contribution in [0, 0.1) is 11.3 Å². The molecule has 0 fully saturated rings. The highest BCUT2D eigenvalue weighted by molar-refractivity contribution is 6.30. The van der Waals surface area contributed by atoms with Crippen LogP contribution in [0.15, 0.2) is 71.3 Å². The van der Waals surface area contributed by atoms with E-state index in [1.165, 1.54) is 31.6 Å². The minimum Gasteiger partial charge on any atom is -0.478 e. The van der Waals surface area contributed by atoms with Gasteiger partial charge in [-0.1, -0.05) is 23.7 Å². The van der Waals surface area contributed by atoms with Gasteiger partial charge in [-0.05, 0) is 54.1 Å². The molecule has 9 nitrogen and oxygen atoms in total. The van der Waals surface area contributed by atoms with Crippen LogP contribution in [0.3, 0.4) is 0 Å². The molecule has 0 saturated heterocycles. The van der Waals surface area contributed by atoms with Crippen molar-refractivity contribution in [3.63, 3.8) is 0 Å². The van der Waals surface area contributed by atoms with Crippen molar-refractivity contribution in [3.8, 4) is 34.2 Å². The number of hydrogen-bond donors (Lipinski definition) is 2. The average molecular weight is 504 g/mol. The Bertz CT molecular complexity index is 1480. The number of amides is 1. The van der Waals surface area contributed by atoms with Gasteiger partial charge in [0.05, 0.1) is 17.5 Å². The Hall–Kier alpha value is -4.65. The smallest absolute Gasteiger partial charge is 0.335 e. The number of nitrogens with zero attached hydrogens (tertiary/aromatic N) is 2. The molecule has 0 saturated carbocycles. The van der Waals surface area contributed by atoms with E-state index < -0.39 is 11.9 Å². The molecule has 180 valence electrons. The van der Waals surface area contributed by atoms with E-state index in [4.69, 9.17) is 25.5 Å². The van der Waals surface area contributed by atoms with Crippen LogP contribution in [0.4, 0.5) is 5.82 Å². The van der Waals surface area contributed by atoms with Gasteiger partial charge in [-0.3, -0.25) is 4.79 Å². The van der Waals surface area contributed by atoms with Crippen LogP contribution in [0.5, 0.6) is 5.75 Å². The van der Waals surface area contributed by atoms with Gasteiger partial charge in [0.15, 0.2) is 18.4 Å². The summed E-state index contributed by atoms with van der Waals surface area (Å²) < 4.78 is 15.8. The lowest BCUT2D eigenvalue weighted by Gasteiger charge is -2.16. The van der Waals surface area contributed by atoms with Crippen molar-refractivity contribution < 1.29 is 28.6 Å². The number of carboxylic acids is 1. The molecule has 10 heteroatoms.